The number of allylic oxidation sites excluding steroid dienone is 1. The number of nitrogens with one attached hydrogen (secondary N) is 1. The zero-order chi connectivity index (χ0) is 26.9. The van der Waals surface area contributed by atoms with Crippen LogP contribution in [0.3, 0.4) is 0 Å². The largest absolute Gasteiger partial charge is 0.501 e. The summed E-state index contributed by atoms with van der Waals surface area (Å²) >= 11 is 0. The number of hydrogen-bond acceptors (Lipinski definition) is 8. The fraction of sp³-hybridized carbons (Fsp3) is 0.308. The van der Waals surface area contributed by atoms with Gasteiger partial charge in [0.2, 0.25) is 11.8 Å². The lowest BCUT2D eigenvalue weighted by atomic mass is 10.0. The first-order valence-electron chi connectivity index (χ1n) is 11.4. The van der Waals surface area contributed by atoms with Gasteiger partial charge in [0.25, 0.3) is 5.69 Å². The topological polar surface area (TPSA) is 122 Å². The molecule has 37 heavy (non-hydrogen) atoms. The zero-order valence-corrected chi connectivity index (χ0v) is 21.0. The molecule has 1 aliphatic carbocycles. The highest BCUT2D eigenvalue weighted by Crippen LogP contribution is 2.50. The molecule has 1 saturated carbocycles. The number of nitrogens with zero attached hydrogens (tertiary/aromatic N) is 2. The molecule has 3 aromatic rings. The van der Waals surface area contributed by atoms with Crippen LogP contribution in [-0.2, 0) is 15.1 Å². The molecule has 2 aromatic carbocycles. The predicted octanol–water partition coefficient (Wildman–Crippen LogP) is 5.22. The Morgan fingerprint density at radius 2 is 1.84 bits per heavy atom. The number of amides is 1. The van der Waals surface area contributed by atoms with Crippen LogP contribution in [0.2, 0.25) is 0 Å². The summed E-state index contributed by atoms with van der Waals surface area (Å²) in [4.78, 5) is 27.1. The highest BCUT2D eigenvalue weighted by molar-refractivity contribution is 5.89. The summed E-state index contributed by atoms with van der Waals surface area (Å²) < 4.78 is 37.5. The van der Waals surface area contributed by atoms with E-state index in [9.17, 15) is 14.9 Å². The number of fused-ring (bicyclic) bond motifs is 1. The number of nitro benzene ring substituents is 1. The molecule has 11 heteroatoms. The molecule has 0 radical (unpaired) electrons. The highest BCUT2D eigenvalue weighted by Gasteiger charge is 2.47. The number of carbonyl (C=O) groups is 1. The molecule has 1 aromatic heterocycles. The molecule has 194 valence electrons. The van der Waals surface area contributed by atoms with Crippen LogP contribution in [0.15, 0.2) is 36.1 Å². The smallest absolute Gasteiger partial charge is 0.279 e. The average molecular weight is 512 g/mol. The molecule has 1 N–H and O–H groups in total. The van der Waals surface area contributed by atoms with Gasteiger partial charge in [-0.05, 0) is 44.0 Å². The molecule has 1 aliphatic rings. The van der Waals surface area contributed by atoms with Crippen molar-refractivity contribution in [2.45, 2.75) is 32.2 Å². The van der Waals surface area contributed by atoms with Gasteiger partial charge >= 0.3 is 0 Å². The van der Waals surface area contributed by atoms with Gasteiger partial charge < -0.3 is 24.3 Å². The minimum atomic E-state index is -0.930. The molecule has 1 fully saturated rings. The number of halogens is 1. The SMILES string of the molecule is COC(C)=Cc1c([N+](=O)[O-])ccc(Oc2cc(OC)nc3cc(C4(NC(C)=O)CC4)c(OC)cc23)c1F. The van der Waals surface area contributed by atoms with Gasteiger partial charge in [-0.2, -0.15) is 0 Å². The molecule has 1 amide bonds. The number of carbonyl (C=O) groups excluding carboxylic acids is 1. The standard InChI is InChI=1S/C26H26FN3O7/c1-14(34-3)10-17-20(30(32)33)6-7-21(25(17)27)37-22-13-24(36-5)28-19-12-18(23(35-4)11-16(19)22)26(8-9-26)29-15(2)31/h6-7,10-13H,8-9H2,1-5H3,(H,29,31). The van der Waals surface area contributed by atoms with E-state index in [2.05, 4.69) is 10.3 Å². The Bertz CT molecular complexity index is 1430. The maximum Gasteiger partial charge on any atom is 0.279 e. The van der Waals surface area contributed by atoms with Gasteiger partial charge in [0.15, 0.2) is 11.6 Å². The third kappa shape index (κ3) is 4.97. The Morgan fingerprint density at radius 1 is 1.11 bits per heavy atom. The molecule has 0 spiro atoms. The Balaban J connectivity index is 1.87. The maximum atomic E-state index is 15.5. The van der Waals surface area contributed by atoms with Crippen LogP contribution in [0.25, 0.3) is 17.0 Å². The first-order chi connectivity index (χ1) is 17.6. The number of benzene rings is 2. The molecule has 0 unspecified atom stereocenters. The molecular weight excluding hydrogens is 485 g/mol. The molecule has 0 atom stereocenters. The van der Waals surface area contributed by atoms with Crippen molar-refractivity contribution >= 4 is 28.6 Å². The van der Waals surface area contributed by atoms with Gasteiger partial charge in [0.1, 0.15) is 11.5 Å². The Morgan fingerprint density at radius 3 is 2.41 bits per heavy atom. The van der Waals surface area contributed by atoms with Gasteiger partial charge in [-0.15, -0.1) is 0 Å². The van der Waals surface area contributed by atoms with Gasteiger partial charge in [0, 0.05) is 30.0 Å². The van der Waals surface area contributed by atoms with Crippen molar-refractivity contribution in [3.05, 3.63) is 63.1 Å². The van der Waals surface area contributed by atoms with Gasteiger partial charge in [-0.25, -0.2) is 9.37 Å². The van der Waals surface area contributed by atoms with Crippen LogP contribution in [0, 0.1) is 15.9 Å². The third-order valence-electron chi connectivity index (χ3n) is 6.17. The molecule has 0 aliphatic heterocycles. The fourth-order valence-corrected chi connectivity index (χ4v) is 4.17. The van der Waals surface area contributed by atoms with Crippen LogP contribution in [0.4, 0.5) is 10.1 Å². The van der Waals surface area contributed by atoms with E-state index in [0.717, 1.165) is 24.5 Å². The van der Waals surface area contributed by atoms with Crippen molar-refractivity contribution in [2.75, 3.05) is 21.3 Å². The van der Waals surface area contributed by atoms with Crippen molar-refractivity contribution in [3.8, 4) is 23.1 Å². The van der Waals surface area contributed by atoms with Crippen LogP contribution < -0.4 is 19.5 Å². The minimum Gasteiger partial charge on any atom is -0.501 e. The van der Waals surface area contributed by atoms with E-state index in [1.807, 2.05) is 0 Å². The second-order valence-corrected chi connectivity index (χ2v) is 8.62. The van der Waals surface area contributed by atoms with Crippen molar-refractivity contribution in [3.63, 3.8) is 0 Å². The number of hydrogen-bond donors (Lipinski definition) is 1. The number of aromatic nitrogens is 1. The van der Waals surface area contributed by atoms with E-state index < -0.39 is 22.0 Å². The Kier molecular flexibility index (Phi) is 6.88. The second kappa shape index (κ2) is 9.92. The molecule has 0 bridgehead atoms. The number of pyridine rings is 1. The lowest BCUT2D eigenvalue weighted by molar-refractivity contribution is -0.385. The second-order valence-electron chi connectivity index (χ2n) is 8.62. The van der Waals surface area contributed by atoms with Crippen LogP contribution >= 0.6 is 0 Å². The number of methoxy groups -OCH3 is 3. The van der Waals surface area contributed by atoms with E-state index in [4.69, 9.17) is 18.9 Å². The zero-order valence-electron chi connectivity index (χ0n) is 21.0. The summed E-state index contributed by atoms with van der Waals surface area (Å²) in [7, 11) is 4.33. The summed E-state index contributed by atoms with van der Waals surface area (Å²) in [6, 6.07) is 7.32. The summed E-state index contributed by atoms with van der Waals surface area (Å²) in [5.74, 6) is -0.150. The van der Waals surface area contributed by atoms with Gasteiger partial charge in [-0.1, -0.05) is 0 Å². The van der Waals surface area contributed by atoms with E-state index in [0.29, 0.717) is 16.7 Å². The lowest BCUT2D eigenvalue weighted by Gasteiger charge is -2.21. The quantitative estimate of drug-likeness (QED) is 0.236. The fourth-order valence-electron chi connectivity index (χ4n) is 4.17. The first-order valence-corrected chi connectivity index (χ1v) is 11.4. The molecule has 10 nitrogen and oxygen atoms in total. The summed E-state index contributed by atoms with van der Waals surface area (Å²) in [6.45, 7) is 3.01. The molecule has 4 rings (SSSR count). The van der Waals surface area contributed by atoms with E-state index in [1.54, 1.807) is 19.1 Å². The van der Waals surface area contributed by atoms with Crippen molar-refractivity contribution in [1.29, 1.82) is 0 Å². The summed E-state index contributed by atoms with van der Waals surface area (Å²) in [5.41, 5.74) is -0.0366. The predicted molar refractivity (Wildman–Crippen MR) is 133 cm³/mol. The van der Waals surface area contributed by atoms with Crippen LogP contribution in [0.1, 0.15) is 37.8 Å². The first kappa shape index (κ1) is 25.7. The van der Waals surface area contributed by atoms with Crippen molar-refractivity contribution in [1.82, 2.24) is 10.3 Å². The number of ether oxygens (including phenoxy) is 4. The Labute approximate surface area is 212 Å². The highest BCUT2D eigenvalue weighted by atomic mass is 19.1. The molecule has 1 heterocycles. The molecule has 0 saturated heterocycles. The summed E-state index contributed by atoms with van der Waals surface area (Å²) in [6.07, 6.45) is 2.72. The normalized spacial score (nSPS) is 14.2. The van der Waals surface area contributed by atoms with Crippen LogP contribution in [-0.4, -0.2) is 37.1 Å². The van der Waals surface area contributed by atoms with E-state index in [1.165, 1.54) is 46.5 Å². The number of rotatable bonds is 9. The van der Waals surface area contributed by atoms with E-state index >= 15 is 4.39 Å². The van der Waals surface area contributed by atoms with Crippen molar-refractivity contribution < 1.29 is 33.1 Å². The molecular formula is C26H26FN3O7. The monoisotopic (exact) mass is 511 g/mol. The number of nitro groups is 1. The maximum absolute atomic E-state index is 15.5. The third-order valence-corrected chi connectivity index (χ3v) is 6.17. The summed E-state index contributed by atoms with van der Waals surface area (Å²) in [5, 5.41) is 15.0. The van der Waals surface area contributed by atoms with Gasteiger partial charge in [0.05, 0.1) is 48.6 Å². The Hall–Kier alpha value is -4.41. The minimum absolute atomic E-state index is 0.163. The van der Waals surface area contributed by atoms with E-state index in [-0.39, 0.29) is 34.6 Å². The van der Waals surface area contributed by atoms with Crippen molar-refractivity contribution in [2.24, 2.45) is 0 Å². The average Bonchev–Trinajstić information content (AvgIpc) is 3.64. The van der Waals surface area contributed by atoms with Crippen LogP contribution in [0.5, 0.6) is 23.1 Å². The van der Waals surface area contributed by atoms with Gasteiger partial charge in [-0.3, -0.25) is 14.9 Å². The lowest BCUT2D eigenvalue weighted by Crippen LogP contribution is -2.33.